The summed E-state index contributed by atoms with van der Waals surface area (Å²) in [5.41, 5.74) is 1.29. The average Bonchev–Trinajstić information content (AvgIpc) is 2.92. The molecule has 1 heterocycles. The van der Waals surface area contributed by atoms with Crippen molar-refractivity contribution >= 4 is 0 Å². The molecule has 0 saturated heterocycles. The van der Waals surface area contributed by atoms with Crippen LogP contribution in [0.2, 0.25) is 0 Å². The molecule has 2 unspecified atom stereocenters. The van der Waals surface area contributed by atoms with E-state index in [0.717, 1.165) is 37.2 Å². The van der Waals surface area contributed by atoms with Crippen molar-refractivity contribution in [2.24, 2.45) is 0 Å². The maximum Gasteiger partial charge on any atom is 0.231 e. The van der Waals surface area contributed by atoms with Crippen molar-refractivity contribution in [2.45, 2.75) is 51.6 Å². The minimum atomic E-state index is 0.334. The number of aryl methyl sites for hydroxylation is 1. The van der Waals surface area contributed by atoms with Crippen LogP contribution in [0.1, 0.15) is 38.7 Å². The summed E-state index contributed by atoms with van der Waals surface area (Å²) in [6.07, 6.45) is 9.36. The second kappa shape index (κ2) is 7.21. The van der Waals surface area contributed by atoms with E-state index in [9.17, 15) is 0 Å². The van der Waals surface area contributed by atoms with Crippen molar-refractivity contribution in [2.75, 3.05) is 6.79 Å². The van der Waals surface area contributed by atoms with Gasteiger partial charge in [0.05, 0.1) is 0 Å². The Bertz CT molecular complexity index is 478. The van der Waals surface area contributed by atoms with Crippen molar-refractivity contribution < 1.29 is 9.47 Å². The highest BCUT2D eigenvalue weighted by Gasteiger charge is 2.14. The summed E-state index contributed by atoms with van der Waals surface area (Å²) in [5.74, 6) is 4.44. The van der Waals surface area contributed by atoms with Crippen molar-refractivity contribution in [3.05, 3.63) is 23.8 Å². The number of hydrogen-bond donors (Lipinski definition) is 1. The number of fused-ring (bicyclic) bond motifs is 1. The van der Waals surface area contributed by atoms with Crippen LogP contribution in [0, 0.1) is 12.3 Å². The summed E-state index contributed by atoms with van der Waals surface area (Å²) >= 11 is 0. The van der Waals surface area contributed by atoms with Crippen molar-refractivity contribution in [1.29, 1.82) is 0 Å². The van der Waals surface area contributed by atoms with E-state index in [4.69, 9.17) is 15.9 Å². The zero-order valence-corrected chi connectivity index (χ0v) is 12.3. The maximum atomic E-state index is 5.40. The van der Waals surface area contributed by atoms with E-state index in [2.05, 4.69) is 37.2 Å². The second-order valence-electron chi connectivity index (χ2n) is 5.31. The standard InChI is InChI=1S/C17H23NO2/c1-4-6-15(5-2)18-13(3)7-8-14-9-10-16-17(11-14)20-12-19-16/h1,9-11,13,15,18H,5-8,12H2,2-3H3. The van der Waals surface area contributed by atoms with Gasteiger partial charge in [-0.05, 0) is 43.9 Å². The largest absolute Gasteiger partial charge is 0.454 e. The van der Waals surface area contributed by atoms with Crippen LogP contribution in [-0.4, -0.2) is 18.9 Å². The fourth-order valence-corrected chi connectivity index (χ4v) is 2.43. The molecule has 1 aromatic carbocycles. The first-order valence-electron chi connectivity index (χ1n) is 7.31. The lowest BCUT2D eigenvalue weighted by Crippen LogP contribution is -2.36. The SMILES string of the molecule is C#CCC(CC)NC(C)CCc1ccc2c(c1)OCO2. The van der Waals surface area contributed by atoms with Crippen LogP contribution >= 0.6 is 0 Å². The molecule has 0 saturated carbocycles. The third kappa shape index (κ3) is 3.91. The third-order valence-electron chi connectivity index (χ3n) is 3.68. The molecule has 1 N–H and O–H groups in total. The molecular weight excluding hydrogens is 250 g/mol. The summed E-state index contributed by atoms with van der Waals surface area (Å²) in [5, 5.41) is 3.59. The molecule has 3 nitrogen and oxygen atoms in total. The number of nitrogens with one attached hydrogen (secondary N) is 1. The fraction of sp³-hybridized carbons (Fsp3) is 0.529. The number of benzene rings is 1. The first-order chi connectivity index (χ1) is 9.72. The lowest BCUT2D eigenvalue weighted by molar-refractivity contribution is 0.174. The molecule has 3 heteroatoms. The Morgan fingerprint density at radius 1 is 1.35 bits per heavy atom. The minimum absolute atomic E-state index is 0.334. The van der Waals surface area contributed by atoms with E-state index in [1.54, 1.807) is 0 Å². The molecule has 0 aromatic heterocycles. The zero-order valence-electron chi connectivity index (χ0n) is 12.3. The lowest BCUT2D eigenvalue weighted by atomic mass is 10.0. The summed E-state index contributed by atoms with van der Waals surface area (Å²) in [4.78, 5) is 0. The van der Waals surface area contributed by atoms with Gasteiger partial charge in [0.15, 0.2) is 11.5 Å². The van der Waals surface area contributed by atoms with Gasteiger partial charge >= 0.3 is 0 Å². The lowest BCUT2D eigenvalue weighted by Gasteiger charge is -2.20. The molecule has 2 atom stereocenters. The van der Waals surface area contributed by atoms with Crippen molar-refractivity contribution in [1.82, 2.24) is 5.32 Å². The Labute approximate surface area is 121 Å². The minimum Gasteiger partial charge on any atom is -0.454 e. The first-order valence-corrected chi connectivity index (χ1v) is 7.31. The number of rotatable bonds is 7. The van der Waals surface area contributed by atoms with E-state index in [1.165, 1.54) is 5.56 Å². The van der Waals surface area contributed by atoms with Gasteiger partial charge in [-0.15, -0.1) is 12.3 Å². The molecule has 0 aliphatic carbocycles. The normalized spacial score (nSPS) is 15.7. The fourth-order valence-electron chi connectivity index (χ4n) is 2.43. The predicted octanol–water partition coefficient (Wildman–Crippen LogP) is 3.13. The second-order valence-corrected chi connectivity index (χ2v) is 5.31. The Kier molecular flexibility index (Phi) is 5.31. The van der Waals surface area contributed by atoms with Gasteiger partial charge in [-0.2, -0.15) is 0 Å². The average molecular weight is 273 g/mol. The van der Waals surface area contributed by atoms with Crippen LogP contribution in [0.15, 0.2) is 18.2 Å². The maximum absolute atomic E-state index is 5.40. The van der Waals surface area contributed by atoms with Crippen LogP contribution in [0.25, 0.3) is 0 Å². The summed E-state index contributed by atoms with van der Waals surface area (Å²) in [7, 11) is 0. The van der Waals surface area contributed by atoms with Crippen LogP contribution in [0.4, 0.5) is 0 Å². The summed E-state index contributed by atoms with van der Waals surface area (Å²) in [6, 6.07) is 7.06. The van der Waals surface area contributed by atoms with Gasteiger partial charge in [0, 0.05) is 18.5 Å². The van der Waals surface area contributed by atoms with Crippen molar-refractivity contribution in [3.63, 3.8) is 0 Å². The highest BCUT2D eigenvalue weighted by molar-refractivity contribution is 5.44. The van der Waals surface area contributed by atoms with Crippen LogP contribution in [-0.2, 0) is 6.42 Å². The van der Waals surface area contributed by atoms with Crippen LogP contribution in [0.5, 0.6) is 11.5 Å². The molecule has 108 valence electrons. The smallest absolute Gasteiger partial charge is 0.231 e. The molecule has 0 radical (unpaired) electrons. The van der Waals surface area contributed by atoms with Gasteiger partial charge in [0.2, 0.25) is 6.79 Å². The van der Waals surface area contributed by atoms with E-state index in [-0.39, 0.29) is 0 Å². The Morgan fingerprint density at radius 3 is 2.90 bits per heavy atom. The number of ether oxygens (including phenoxy) is 2. The Balaban J connectivity index is 1.81. The van der Waals surface area contributed by atoms with Gasteiger partial charge in [0.1, 0.15) is 0 Å². The van der Waals surface area contributed by atoms with E-state index < -0.39 is 0 Å². The van der Waals surface area contributed by atoms with E-state index in [0.29, 0.717) is 18.9 Å². The molecule has 0 fully saturated rings. The number of hydrogen-bond acceptors (Lipinski definition) is 3. The Hall–Kier alpha value is -1.66. The molecule has 0 spiro atoms. The van der Waals surface area contributed by atoms with Crippen molar-refractivity contribution in [3.8, 4) is 23.8 Å². The quantitative estimate of drug-likeness (QED) is 0.774. The molecule has 1 aliphatic heterocycles. The number of terminal acetylenes is 1. The topological polar surface area (TPSA) is 30.5 Å². The third-order valence-corrected chi connectivity index (χ3v) is 3.68. The molecule has 20 heavy (non-hydrogen) atoms. The highest BCUT2D eigenvalue weighted by atomic mass is 16.7. The molecule has 0 amide bonds. The molecule has 0 bridgehead atoms. The van der Waals surface area contributed by atoms with Gasteiger partial charge in [-0.3, -0.25) is 0 Å². The van der Waals surface area contributed by atoms with Gasteiger partial charge in [-0.1, -0.05) is 13.0 Å². The first kappa shape index (κ1) is 14.7. The highest BCUT2D eigenvalue weighted by Crippen LogP contribution is 2.32. The van der Waals surface area contributed by atoms with Crippen LogP contribution in [0.3, 0.4) is 0 Å². The summed E-state index contributed by atoms with van der Waals surface area (Å²) < 4.78 is 10.7. The zero-order chi connectivity index (χ0) is 14.4. The monoisotopic (exact) mass is 273 g/mol. The molecule has 2 rings (SSSR count). The molecule has 1 aliphatic rings. The van der Waals surface area contributed by atoms with Gasteiger partial charge in [-0.25, -0.2) is 0 Å². The molecular formula is C17H23NO2. The van der Waals surface area contributed by atoms with Crippen LogP contribution < -0.4 is 14.8 Å². The van der Waals surface area contributed by atoms with Gasteiger partial charge < -0.3 is 14.8 Å². The van der Waals surface area contributed by atoms with E-state index in [1.807, 2.05) is 6.07 Å². The Morgan fingerprint density at radius 2 is 2.15 bits per heavy atom. The summed E-state index contributed by atoms with van der Waals surface area (Å²) in [6.45, 7) is 4.72. The predicted molar refractivity (Wildman–Crippen MR) is 81.0 cm³/mol. The van der Waals surface area contributed by atoms with E-state index >= 15 is 0 Å². The molecule has 1 aromatic rings. The van der Waals surface area contributed by atoms with Gasteiger partial charge in [0.25, 0.3) is 0 Å².